The van der Waals surface area contributed by atoms with Crippen LogP contribution in [0.3, 0.4) is 0 Å². The average Bonchev–Trinajstić information content (AvgIpc) is 3.33. The number of carbonyl (C=O) groups is 1. The topological polar surface area (TPSA) is 68.0 Å². The van der Waals surface area contributed by atoms with Crippen LogP contribution in [0, 0.1) is 5.92 Å². The Kier molecular flexibility index (Phi) is 7.25. The quantitative estimate of drug-likeness (QED) is 0.307. The summed E-state index contributed by atoms with van der Waals surface area (Å²) >= 11 is 1.52. The maximum atomic E-state index is 12.3. The first-order valence-electron chi connectivity index (χ1n) is 11.0. The number of rotatable bonds is 8. The first-order valence-corrected chi connectivity index (χ1v) is 12.0. The van der Waals surface area contributed by atoms with Crippen LogP contribution in [0.4, 0.5) is 0 Å². The zero-order valence-electron chi connectivity index (χ0n) is 19.0. The largest absolute Gasteiger partial charge is 0.455 e. The van der Waals surface area contributed by atoms with Gasteiger partial charge in [-0.2, -0.15) is 0 Å². The molecule has 168 valence electrons. The lowest BCUT2D eigenvalue weighted by molar-refractivity contribution is 0.0901. The smallest absolute Gasteiger partial charge is 0.287 e. The summed E-state index contributed by atoms with van der Waals surface area (Å²) in [4.78, 5) is 12.3. The fourth-order valence-electron chi connectivity index (χ4n) is 3.18. The predicted molar refractivity (Wildman–Crippen MR) is 133 cm³/mol. The normalized spacial score (nSPS) is 12.0. The molecule has 1 N–H and O–H groups in total. The van der Waals surface area contributed by atoms with Crippen molar-refractivity contribution in [3.8, 4) is 22.4 Å². The Balaban J connectivity index is 1.34. The minimum absolute atomic E-state index is 0.0868. The fraction of sp³-hybridized carbons (Fsp3) is 0.222. The molecule has 4 rings (SSSR count). The molecule has 0 aliphatic heterocycles. The molecule has 33 heavy (non-hydrogen) atoms. The molecular formula is C27H27N3O2S. The van der Waals surface area contributed by atoms with Crippen molar-refractivity contribution in [2.45, 2.75) is 37.6 Å². The van der Waals surface area contributed by atoms with Gasteiger partial charge in [0.2, 0.25) is 0 Å². The second kappa shape index (κ2) is 10.5. The molecule has 0 saturated heterocycles. The summed E-state index contributed by atoms with van der Waals surface area (Å²) in [5, 5.41) is 12.5. The van der Waals surface area contributed by atoms with Gasteiger partial charge in [0, 0.05) is 11.6 Å². The van der Waals surface area contributed by atoms with Crippen LogP contribution >= 0.6 is 11.8 Å². The van der Waals surface area contributed by atoms with E-state index in [1.165, 1.54) is 22.9 Å². The lowest BCUT2D eigenvalue weighted by Crippen LogP contribution is -2.35. The minimum Gasteiger partial charge on any atom is -0.455 e. The Morgan fingerprint density at radius 3 is 2.21 bits per heavy atom. The van der Waals surface area contributed by atoms with Crippen molar-refractivity contribution in [1.29, 1.82) is 0 Å². The van der Waals surface area contributed by atoms with Gasteiger partial charge in [0.1, 0.15) is 10.8 Å². The van der Waals surface area contributed by atoms with Crippen LogP contribution in [0.15, 0.2) is 88.3 Å². The number of amides is 1. The van der Waals surface area contributed by atoms with Crippen LogP contribution in [0.25, 0.3) is 22.4 Å². The van der Waals surface area contributed by atoms with E-state index in [1.54, 1.807) is 6.07 Å². The molecule has 0 bridgehead atoms. The van der Waals surface area contributed by atoms with Gasteiger partial charge < -0.3 is 9.73 Å². The molecule has 1 unspecified atom stereocenters. The Morgan fingerprint density at radius 1 is 0.848 bits per heavy atom. The molecule has 2 aromatic heterocycles. The summed E-state index contributed by atoms with van der Waals surface area (Å²) in [6, 6.07) is 26.2. The molecule has 2 heterocycles. The highest BCUT2D eigenvalue weighted by molar-refractivity contribution is 7.98. The first kappa shape index (κ1) is 22.8. The van der Waals surface area contributed by atoms with E-state index in [0.717, 1.165) is 22.0 Å². The van der Waals surface area contributed by atoms with Crippen molar-refractivity contribution >= 4 is 17.7 Å². The third kappa shape index (κ3) is 5.90. The molecule has 1 amide bonds. The minimum atomic E-state index is -0.185. The zero-order chi connectivity index (χ0) is 23.2. The molecular weight excluding hydrogens is 430 g/mol. The summed E-state index contributed by atoms with van der Waals surface area (Å²) in [6.07, 6.45) is 0. The van der Waals surface area contributed by atoms with Crippen LogP contribution < -0.4 is 5.32 Å². The van der Waals surface area contributed by atoms with Gasteiger partial charge in [0.15, 0.2) is 5.76 Å². The molecule has 5 nitrogen and oxygen atoms in total. The summed E-state index contributed by atoms with van der Waals surface area (Å²) in [7, 11) is 0. The Labute approximate surface area is 198 Å². The van der Waals surface area contributed by atoms with E-state index in [4.69, 9.17) is 4.42 Å². The lowest BCUT2D eigenvalue weighted by Gasteiger charge is -2.16. The number of furan rings is 1. The monoisotopic (exact) mass is 457 g/mol. The number of hydrogen-bond donors (Lipinski definition) is 1. The summed E-state index contributed by atoms with van der Waals surface area (Å²) in [5.41, 5.74) is 4.21. The Bertz CT molecular complexity index is 1190. The van der Waals surface area contributed by atoms with Gasteiger partial charge in [-0.3, -0.25) is 4.79 Å². The Morgan fingerprint density at radius 2 is 1.55 bits per heavy atom. The van der Waals surface area contributed by atoms with Gasteiger partial charge in [0.05, 0.1) is 11.4 Å². The van der Waals surface area contributed by atoms with Gasteiger partial charge in [-0.15, -0.1) is 10.2 Å². The van der Waals surface area contributed by atoms with Crippen molar-refractivity contribution in [3.05, 3.63) is 90.4 Å². The predicted octanol–water partition coefficient (Wildman–Crippen LogP) is 6.47. The second-order valence-corrected chi connectivity index (χ2v) is 9.26. The van der Waals surface area contributed by atoms with Gasteiger partial charge >= 0.3 is 0 Å². The van der Waals surface area contributed by atoms with Gasteiger partial charge in [0.25, 0.3) is 5.91 Å². The lowest BCUT2D eigenvalue weighted by atomic mass is 10.0. The fourth-order valence-corrected chi connectivity index (χ4v) is 3.89. The van der Waals surface area contributed by atoms with Gasteiger partial charge in [-0.25, -0.2) is 0 Å². The molecule has 2 aromatic carbocycles. The van der Waals surface area contributed by atoms with Gasteiger partial charge in [-0.05, 0) is 48.2 Å². The number of nitrogens with zero attached hydrogens (tertiary/aromatic N) is 2. The van der Waals surface area contributed by atoms with Crippen LogP contribution in [-0.2, 0) is 5.75 Å². The number of aromatic nitrogens is 2. The van der Waals surface area contributed by atoms with Crippen molar-refractivity contribution in [3.63, 3.8) is 0 Å². The molecule has 0 saturated carbocycles. The highest BCUT2D eigenvalue weighted by Gasteiger charge is 2.16. The Hall–Kier alpha value is -3.38. The second-order valence-electron chi connectivity index (χ2n) is 8.26. The highest BCUT2D eigenvalue weighted by atomic mass is 32.2. The van der Waals surface area contributed by atoms with Crippen molar-refractivity contribution in [2.75, 3.05) is 0 Å². The molecule has 0 aliphatic rings. The molecule has 0 radical (unpaired) electrons. The van der Waals surface area contributed by atoms with Crippen molar-refractivity contribution < 1.29 is 9.21 Å². The van der Waals surface area contributed by atoms with Crippen LogP contribution in [0.5, 0.6) is 0 Å². The van der Waals surface area contributed by atoms with E-state index in [-0.39, 0.29) is 11.9 Å². The summed E-state index contributed by atoms with van der Waals surface area (Å²) in [5.74, 6) is 1.81. The number of hydrogen-bond acceptors (Lipinski definition) is 5. The van der Waals surface area contributed by atoms with E-state index in [9.17, 15) is 4.79 Å². The van der Waals surface area contributed by atoms with Crippen LogP contribution in [0.2, 0.25) is 0 Å². The molecule has 4 aromatic rings. The van der Waals surface area contributed by atoms with E-state index in [1.807, 2.05) is 43.3 Å². The van der Waals surface area contributed by atoms with E-state index in [2.05, 4.69) is 65.8 Å². The maximum absolute atomic E-state index is 12.3. The first-order chi connectivity index (χ1) is 16.0. The summed E-state index contributed by atoms with van der Waals surface area (Å²) in [6.45, 7) is 6.13. The highest BCUT2D eigenvalue weighted by Crippen LogP contribution is 2.26. The standard InChI is InChI=1S/C27H27N3O2S/c1-18(2)19(3)28-27(31)25-15-13-23(32-25)17-33-26-16-14-24(29-30-26)22-11-9-21(10-12-22)20-7-5-4-6-8-20/h4-16,18-19H,17H2,1-3H3,(H,28,31). The van der Waals surface area contributed by atoms with E-state index >= 15 is 0 Å². The van der Waals surface area contributed by atoms with Crippen molar-refractivity contribution in [1.82, 2.24) is 15.5 Å². The third-order valence-electron chi connectivity index (χ3n) is 5.53. The summed E-state index contributed by atoms with van der Waals surface area (Å²) < 4.78 is 5.71. The zero-order valence-corrected chi connectivity index (χ0v) is 19.8. The number of nitrogens with one attached hydrogen (secondary N) is 1. The van der Waals surface area contributed by atoms with Crippen molar-refractivity contribution in [2.24, 2.45) is 5.92 Å². The molecule has 0 aliphatic carbocycles. The number of carbonyl (C=O) groups excluding carboxylic acids is 1. The van der Waals surface area contributed by atoms with E-state index in [0.29, 0.717) is 17.4 Å². The van der Waals surface area contributed by atoms with Gasteiger partial charge in [-0.1, -0.05) is 80.2 Å². The maximum Gasteiger partial charge on any atom is 0.287 e. The molecule has 1 atom stereocenters. The average molecular weight is 458 g/mol. The van der Waals surface area contributed by atoms with Crippen LogP contribution in [-0.4, -0.2) is 22.1 Å². The molecule has 6 heteroatoms. The third-order valence-corrected chi connectivity index (χ3v) is 6.48. The SMILES string of the molecule is CC(C)C(C)NC(=O)c1ccc(CSc2ccc(-c3ccc(-c4ccccc4)cc3)nn2)o1. The van der Waals surface area contributed by atoms with Crippen LogP contribution in [0.1, 0.15) is 37.1 Å². The molecule has 0 fully saturated rings. The molecule has 0 spiro atoms. The number of thioether (sulfide) groups is 1. The number of benzene rings is 2. The van der Waals surface area contributed by atoms with E-state index < -0.39 is 0 Å².